The maximum absolute atomic E-state index is 10.7. The third-order valence-electron chi connectivity index (χ3n) is 7.42. The van der Waals surface area contributed by atoms with Gasteiger partial charge in [-0.15, -0.1) is 0 Å². The summed E-state index contributed by atoms with van der Waals surface area (Å²) in [6, 6.07) is 0. The van der Waals surface area contributed by atoms with E-state index in [1.807, 2.05) is 0 Å². The number of carbonyl (C=O) groups is 3. The molecule has 1 radical (unpaired) electrons. The first-order chi connectivity index (χ1) is 14.6. The number of nitrogens with zero attached hydrogens (tertiary/aromatic N) is 1. The van der Waals surface area contributed by atoms with Crippen molar-refractivity contribution >= 4 is 37.5 Å². The molecule has 5 nitrogen and oxygen atoms in total. The Morgan fingerprint density at radius 3 is 1.37 bits per heavy atom. The summed E-state index contributed by atoms with van der Waals surface area (Å²) in [6.07, 6.45) is 26.3. The van der Waals surface area contributed by atoms with Gasteiger partial charge in [0.1, 0.15) is 6.54 Å². The van der Waals surface area contributed by atoms with Gasteiger partial charge in [-0.05, 0) is 0 Å². The number of aliphatic carboxylic acids is 1. The molecular weight excluding hydrogens is 485 g/mol. The summed E-state index contributed by atoms with van der Waals surface area (Å²) in [4.78, 5) is 32.1. The third-order valence-corrected chi connectivity index (χ3v) is 20.4. The van der Waals surface area contributed by atoms with Crippen molar-refractivity contribution in [1.82, 2.24) is 4.90 Å². The van der Waals surface area contributed by atoms with Crippen LogP contribution in [-0.2, 0) is 14.4 Å². The molecule has 0 saturated heterocycles. The Morgan fingerprint density at radius 1 is 0.733 bits per heavy atom. The van der Waals surface area contributed by atoms with Crippen molar-refractivity contribution in [2.24, 2.45) is 0 Å². The van der Waals surface area contributed by atoms with E-state index in [4.69, 9.17) is 5.11 Å². The van der Waals surface area contributed by atoms with Gasteiger partial charge in [0.15, 0.2) is 0 Å². The molecule has 167 valence electrons. The summed E-state index contributed by atoms with van der Waals surface area (Å²) >= 11 is -1.15. The van der Waals surface area contributed by atoms with Gasteiger partial charge in [0.05, 0.1) is 0 Å². The van der Waals surface area contributed by atoms with Crippen molar-refractivity contribution < 1.29 is 19.5 Å². The van der Waals surface area contributed by atoms with Crippen LogP contribution in [0.5, 0.6) is 0 Å². The number of imide groups is 1. The summed E-state index contributed by atoms with van der Waals surface area (Å²) in [6.45, 7) is -0.565. The normalized spacial score (nSPS) is 24.2. The predicted octanol–water partition coefficient (Wildman–Crippen LogP) is 5.48. The van der Waals surface area contributed by atoms with E-state index in [2.05, 4.69) is 0 Å². The monoisotopic (exact) mass is 524 g/mol. The average molecular weight is 523 g/mol. The zero-order valence-electron chi connectivity index (χ0n) is 18.3. The topological polar surface area (TPSA) is 74.7 Å². The van der Waals surface area contributed by atoms with Crippen LogP contribution in [0.2, 0.25) is 11.8 Å². The molecule has 4 aliphatic rings. The van der Waals surface area contributed by atoms with Crippen LogP contribution in [0, 0.1) is 0 Å². The first kappa shape index (κ1) is 23.8. The van der Waals surface area contributed by atoms with E-state index in [9.17, 15) is 14.4 Å². The van der Waals surface area contributed by atoms with Gasteiger partial charge >= 0.3 is 134 Å². The minimum Gasteiger partial charge on any atom is -0.480 e. The predicted molar refractivity (Wildman–Crippen MR) is 120 cm³/mol. The van der Waals surface area contributed by atoms with E-state index in [1.54, 1.807) is 96.3 Å². The fraction of sp³-hybridized carbons (Fsp3) is 0.792. The second-order valence-corrected chi connectivity index (χ2v) is 19.3. The zero-order chi connectivity index (χ0) is 21.3. The average Bonchev–Trinajstić information content (AvgIpc) is 3.08. The Hall–Kier alpha value is -0.851. The first-order valence-electron chi connectivity index (χ1n) is 12.2. The summed E-state index contributed by atoms with van der Waals surface area (Å²) in [7, 11) is 0. The van der Waals surface area contributed by atoms with Crippen molar-refractivity contribution in [3.8, 4) is 0 Å². The Bertz CT molecular complexity index is 556. The van der Waals surface area contributed by atoms with Crippen molar-refractivity contribution in [1.29, 1.82) is 0 Å². The molecule has 2 amide bonds. The summed E-state index contributed by atoms with van der Waals surface area (Å²) in [5, 5.41) is 8.24. The van der Waals surface area contributed by atoms with E-state index >= 15 is 0 Å². The van der Waals surface area contributed by atoms with Gasteiger partial charge in [-0.3, -0.25) is 19.3 Å². The van der Waals surface area contributed by atoms with Gasteiger partial charge < -0.3 is 5.11 Å². The van der Waals surface area contributed by atoms with Crippen molar-refractivity contribution in [2.45, 2.75) is 108 Å². The maximum Gasteiger partial charge on any atom is 0.323 e. The number of carbonyl (C=O) groups excluding carboxylic acids is 2. The van der Waals surface area contributed by atoms with Crippen molar-refractivity contribution in [2.75, 3.05) is 6.54 Å². The van der Waals surface area contributed by atoms with Crippen LogP contribution in [0.15, 0.2) is 12.2 Å². The Labute approximate surface area is 188 Å². The van der Waals surface area contributed by atoms with E-state index in [0.717, 1.165) is 12.2 Å². The molecule has 0 aromatic rings. The molecule has 0 spiro atoms. The second-order valence-electron chi connectivity index (χ2n) is 9.49. The number of amides is 2. The smallest absolute Gasteiger partial charge is 0.323 e. The second kappa shape index (κ2) is 12.3. The van der Waals surface area contributed by atoms with Gasteiger partial charge in [0.2, 0.25) is 0 Å². The van der Waals surface area contributed by atoms with Crippen molar-refractivity contribution in [3.63, 3.8) is 0 Å². The SMILES string of the molecule is C1CC[CH]([Sn]([CH]2CCCCC2)[CH]2CCCCC2)CC1.O=C(O)CN1C(=O)C=CC1=O. The molecule has 3 aliphatic carbocycles. The quantitative estimate of drug-likeness (QED) is 0.383. The molecular formula is C24H38NO4Sn. The Morgan fingerprint density at radius 2 is 1.07 bits per heavy atom. The molecule has 0 atom stereocenters. The van der Waals surface area contributed by atoms with Crippen LogP contribution in [-0.4, -0.2) is 54.1 Å². The standard InChI is InChI=1S/C6H5NO4.3C6H11.Sn/c8-4-1-2-5(9)7(4)3-6(10)11;3*1-2-4-6-5-3-1;/h1-2H,3H2,(H,10,11);3*1H,2-6H2;. The van der Waals surface area contributed by atoms with Crippen LogP contribution in [0.1, 0.15) is 96.3 Å². The molecule has 3 saturated carbocycles. The van der Waals surface area contributed by atoms with E-state index in [-0.39, 0.29) is 0 Å². The van der Waals surface area contributed by atoms with E-state index < -0.39 is 44.1 Å². The molecule has 1 heterocycles. The molecule has 30 heavy (non-hydrogen) atoms. The molecule has 1 N–H and O–H groups in total. The Kier molecular flexibility index (Phi) is 9.72. The minimum absolute atomic E-state index is 0.565. The fourth-order valence-electron chi connectivity index (χ4n) is 6.03. The molecule has 1 aliphatic heterocycles. The fourth-order valence-corrected chi connectivity index (χ4v) is 20.9. The van der Waals surface area contributed by atoms with Crippen LogP contribution >= 0.6 is 0 Å². The van der Waals surface area contributed by atoms with Gasteiger partial charge in [-0.2, -0.15) is 0 Å². The summed E-state index contributed by atoms with van der Waals surface area (Å²) < 4.78 is 3.96. The van der Waals surface area contributed by atoms with Crippen LogP contribution < -0.4 is 0 Å². The van der Waals surface area contributed by atoms with Crippen LogP contribution in [0.3, 0.4) is 0 Å². The van der Waals surface area contributed by atoms with Gasteiger partial charge in [0.25, 0.3) is 11.8 Å². The van der Waals surface area contributed by atoms with Gasteiger partial charge in [-0.1, -0.05) is 0 Å². The summed E-state index contributed by atoms with van der Waals surface area (Å²) in [5.74, 6) is -2.34. The van der Waals surface area contributed by atoms with Crippen LogP contribution in [0.4, 0.5) is 0 Å². The molecule has 6 heteroatoms. The largest absolute Gasteiger partial charge is 0.480 e. The zero-order valence-corrected chi connectivity index (χ0v) is 21.2. The Balaban J connectivity index is 0.000000199. The van der Waals surface area contributed by atoms with Crippen LogP contribution in [0.25, 0.3) is 0 Å². The van der Waals surface area contributed by atoms with E-state index in [0.29, 0.717) is 4.90 Å². The number of rotatable bonds is 5. The molecule has 0 aromatic heterocycles. The minimum atomic E-state index is -1.20. The molecule has 0 bridgehead atoms. The van der Waals surface area contributed by atoms with Gasteiger partial charge in [-0.25, -0.2) is 0 Å². The number of hydrogen-bond acceptors (Lipinski definition) is 3. The first-order valence-corrected chi connectivity index (χ1v) is 17.1. The number of hydrogen-bond donors (Lipinski definition) is 1. The molecule has 0 unspecified atom stereocenters. The van der Waals surface area contributed by atoms with Gasteiger partial charge in [0, 0.05) is 12.2 Å². The maximum atomic E-state index is 10.7. The molecule has 3 fully saturated rings. The number of carboxylic acid groups (broad SMARTS) is 1. The molecule has 4 rings (SSSR count). The third kappa shape index (κ3) is 6.83. The molecule has 0 aromatic carbocycles. The number of carboxylic acids is 1. The van der Waals surface area contributed by atoms with Crippen molar-refractivity contribution in [3.05, 3.63) is 12.2 Å². The van der Waals surface area contributed by atoms with E-state index in [1.165, 1.54) is 11.8 Å². The summed E-state index contributed by atoms with van der Waals surface area (Å²) in [5.41, 5.74) is 0.